The first-order valence-corrected chi connectivity index (χ1v) is 11.0. The summed E-state index contributed by atoms with van der Waals surface area (Å²) in [6.45, 7) is 0.401. The van der Waals surface area contributed by atoms with Crippen LogP contribution in [0.2, 0.25) is 0 Å². The van der Waals surface area contributed by atoms with Gasteiger partial charge in [0, 0.05) is 30.9 Å². The van der Waals surface area contributed by atoms with E-state index in [1.165, 1.54) is 12.4 Å². The fourth-order valence-electron chi connectivity index (χ4n) is 3.80. The van der Waals surface area contributed by atoms with Crippen molar-refractivity contribution >= 4 is 34.3 Å². The zero-order valence-electron chi connectivity index (χ0n) is 19.2. The summed E-state index contributed by atoms with van der Waals surface area (Å²) in [5.41, 5.74) is 1.26. The number of nitrogens with one attached hydrogen (secondary N) is 2. The Kier molecular flexibility index (Phi) is 7.45. The second-order valence-electron chi connectivity index (χ2n) is 7.91. The van der Waals surface area contributed by atoms with Crippen molar-refractivity contribution in [3.8, 4) is 0 Å². The van der Waals surface area contributed by atoms with Crippen LogP contribution in [0.5, 0.6) is 0 Å². The second-order valence-corrected chi connectivity index (χ2v) is 7.91. The molecule has 1 atom stereocenters. The lowest BCUT2D eigenvalue weighted by atomic mass is 10.0. The fraction of sp³-hybridized carbons (Fsp3) is 0.154. The Morgan fingerprint density at radius 1 is 1.03 bits per heavy atom. The number of carbonyl (C=O) groups excluding carboxylic acids is 1. The van der Waals surface area contributed by atoms with Crippen LogP contribution in [0.25, 0.3) is 10.9 Å². The number of anilines is 2. The van der Waals surface area contributed by atoms with Crippen molar-refractivity contribution < 1.29 is 28.2 Å². The molecule has 8 nitrogen and oxygen atoms in total. The molecule has 0 bridgehead atoms. The van der Waals surface area contributed by atoms with Crippen molar-refractivity contribution in [3.63, 3.8) is 0 Å². The van der Waals surface area contributed by atoms with Crippen LogP contribution in [0.1, 0.15) is 38.7 Å². The Balaban J connectivity index is 1.63. The number of aromatic carboxylic acids is 1. The van der Waals surface area contributed by atoms with Gasteiger partial charge in [0.2, 0.25) is 0 Å². The number of para-hydroxylation sites is 1. The molecule has 1 aromatic heterocycles. The number of carbonyl (C=O) groups is 2. The highest BCUT2D eigenvalue weighted by Gasteiger charge is 2.18. The zero-order valence-corrected chi connectivity index (χ0v) is 19.2. The maximum Gasteiger partial charge on any atom is 0.337 e. The van der Waals surface area contributed by atoms with Crippen LogP contribution < -0.4 is 10.6 Å². The minimum Gasteiger partial charge on any atom is -0.478 e. The van der Waals surface area contributed by atoms with E-state index >= 15 is 0 Å². The van der Waals surface area contributed by atoms with E-state index < -0.39 is 23.5 Å². The molecule has 1 unspecified atom stereocenters. The topological polar surface area (TPSA) is 113 Å². The second kappa shape index (κ2) is 10.9. The van der Waals surface area contributed by atoms with E-state index in [1.807, 2.05) is 6.07 Å². The first-order chi connectivity index (χ1) is 17.4. The van der Waals surface area contributed by atoms with Crippen LogP contribution in [0.4, 0.5) is 20.3 Å². The van der Waals surface area contributed by atoms with Gasteiger partial charge < -0.3 is 20.5 Å². The third-order valence-electron chi connectivity index (χ3n) is 5.54. The summed E-state index contributed by atoms with van der Waals surface area (Å²) in [6, 6.07) is 14.2. The van der Waals surface area contributed by atoms with Gasteiger partial charge >= 0.3 is 5.97 Å². The summed E-state index contributed by atoms with van der Waals surface area (Å²) in [6.07, 6.45) is 1.81. The number of halogens is 2. The maximum atomic E-state index is 14.0. The Morgan fingerprint density at radius 2 is 1.83 bits per heavy atom. The fourth-order valence-corrected chi connectivity index (χ4v) is 3.80. The van der Waals surface area contributed by atoms with Crippen molar-refractivity contribution in [1.29, 1.82) is 0 Å². The van der Waals surface area contributed by atoms with Gasteiger partial charge in [-0.3, -0.25) is 4.79 Å². The first-order valence-electron chi connectivity index (χ1n) is 11.0. The molecule has 1 heterocycles. The summed E-state index contributed by atoms with van der Waals surface area (Å²) in [5, 5.41) is 16.0. The molecule has 0 spiro atoms. The molecule has 36 heavy (non-hydrogen) atoms. The monoisotopic (exact) mass is 492 g/mol. The molecule has 0 aliphatic heterocycles. The van der Waals surface area contributed by atoms with E-state index in [1.54, 1.807) is 37.4 Å². The summed E-state index contributed by atoms with van der Waals surface area (Å²) < 4.78 is 32.5. The summed E-state index contributed by atoms with van der Waals surface area (Å²) in [4.78, 5) is 32.6. The first kappa shape index (κ1) is 24.7. The van der Waals surface area contributed by atoms with Crippen molar-refractivity contribution in [2.45, 2.75) is 12.5 Å². The Bertz CT molecular complexity index is 1430. The molecule has 10 heteroatoms. The lowest BCUT2D eigenvalue weighted by molar-refractivity contribution is 0.0698. The van der Waals surface area contributed by atoms with E-state index in [9.17, 15) is 23.5 Å². The lowest BCUT2D eigenvalue weighted by Crippen LogP contribution is -2.16. The van der Waals surface area contributed by atoms with E-state index in [0.717, 1.165) is 17.7 Å². The predicted molar refractivity (Wildman–Crippen MR) is 130 cm³/mol. The Morgan fingerprint density at radius 3 is 2.58 bits per heavy atom. The average molecular weight is 492 g/mol. The summed E-state index contributed by atoms with van der Waals surface area (Å²) in [5.74, 6) is -3.10. The largest absolute Gasteiger partial charge is 0.478 e. The van der Waals surface area contributed by atoms with Gasteiger partial charge in [0.05, 0.1) is 22.7 Å². The van der Waals surface area contributed by atoms with Gasteiger partial charge in [-0.15, -0.1) is 0 Å². The SMILES string of the molecule is COCCC(Nc1ncnc2c(C(=O)O)cccc12)c1cccc(NC(=O)c2ccc(F)cc2F)c1. The van der Waals surface area contributed by atoms with Gasteiger partial charge in [0.15, 0.2) is 0 Å². The van der Waals surface area contributed by atoms with Crippen LogP contribution in [0.15, 0.2) is 67.0 Å². The molecule has 0 saturated heterocycles. The Labute approximate surface area is 205 Å². The quantitative estimate of drug-likeness (QED) is 0.300. The third-order valence-corrected chi connectivity index (χ3v) is 5.54. The van der Waals surface area contributed by atoms with Crippen molar-refractivity contribution in [1.82, 2.24) is 9.97 Å². The van der Waals surface area contributed by atoms with Gasteiger partial charge in [-0.25, -0.2) is 23.5 Å². The molecule has 3 N–H and O–H groups in total. The number of hydrogen-bond donors (Lipinski definition) is 3. The van der Waals surface area contributed by atoms with Crippen molar-refractivity contribution in [2.24, 2.45) is 0 Å². The molecule has 184 valence electrons. The number of ether oxygens (including phenoxy) is 1. The zero-order chi connectivity index (χ0) is 25.7. The van der Waals surface area contributed by atoms with Crippen molar-refractivity contribution in [3.05, 3.63) is 95.3 Å². The van der Waals surface area contributed by atoms with E-state index in [2.05, 4.69) is 20.6 Å². The molecule has 0 aliphatic rings. The highest BCUT2D eigenvalue weighted by molar-refractivity contribution is 6.05. The van der Waals surface area contributed by atoms with Crippen LogP contribution in [-0.2, 0) is 4.74 Å². The standard InChI is InChI=1S/C26H22F2N4O4/c1-36-11-10-22(32-24-19-6-3-7-20(26(34)35)23(19)29-14-30-24)15-4-2-5-17(12-15)31-25(33)18-9-8-16(27)13-21(18)28/h2-9,12-14,22H,10-11H2,1H3,(H,31,33)(H,34,35)(H,29,30,32). The number of nitrogens with zero attached hydrogens (tertiary/aromatic N) is 2. The molecule has 0 fully saturated rings. The Hall–Kier alpha value is -4.44. The number of amides is 1. The number of methoxy groups -OCH3 is 1. The molecule has 0 aliphatic carbocycles. The minimum atomic E-state index is -1.10. The number of carboxylic acids is 1. The highest BCUT2D eigenvalue weighted by Crippen LogP contribution is 2.29. The average Bonchev–Trinajstić information content (AvgIpc) is 2.86. The van der Waals surface area contributed by atoms with E-state index in [-0.39, 0.29) is 17.2 Å². The smallest absolute Gasteiger partial charge is 0.337 e. The van der Waals surface area contributed by atoms with E-state index in [4.69, 9.17) is 4.74 Å². The molecule has 4 aromatic rings. The van der Waals surface area contributed by atoms with Gasteiger partial charge in [-0.05, 0) is 48.4 Å². The number of aromatic nitrogens is 2. The van der Waals surface area contributed by atoms with Gasteiger partial charge in [-0.1, -0.05) is 18.2 Å². The summed E-state index contributed by atoms with van der Waals surface area (Å²) >= 11 is 0. The van der Waals surface area contributed by atoms with Gasteiger partial charge in [0.25, 0.3) is 5.91 Å². The number of fused-ring (bicyclic) bond motifs is 1. The molecule has 0 radical (unpaired) electrons. The number of benzene rings is 3. The molecular formula is C26H22F2N4O4. The van der Waals surface area contributed by atoms with Crippen LogP contribution in [-0.4, -0.2) is 40.7 Å². The van der Waals surface area contributed by atoms with Gasteiger partial charge in [-0.2, -0.15) is 0 Å². The molecule has 0 saturated carbocycles. The number of carboxylic acid groups (broad SMARTS) is 1. The van der Waals surface area contributed by atoms with Gasteiger partial charge in [0.1, 0.15) is 23.8 Å². The molecule has 4 rings (SSSR count). The number of rotatable bonds is 9. The molecule has 1 amide bonds. The van der Waals surface area contributed by atoms with Crippen LogP contribution in [0, 0.1) is 11.6 Å². The normalized spacial score (nSPS) is 11.8. The van der Waals surface area contributed by atoms with Crippen molar-refractivity contribution in [2.75, 3.05) is 24.4 Å². The summed E-state index contributed by atoms with van der Waals surface area (Å²) in [7, 11) is 1.57. The van der Waals surface area contributed by atoms with Crippen LogP contribution in [0.3, 0.4) is 0 Å². The highest BCUT2D eigenvalue weighted by atomic mass is 19.1. The molecular weight excluding hydrogens is 470 g/mol. The molecule has 3 aromatic carbocycles. The van der Waals surface area contributed by atoms with Crippen LogP contribution >= 0.6 is 0 Å². The minimum absolute atomic E-state index is 0.0594. The third kappa shape index (κ3) is 5.44. The maximum absolute atomic E-state index is 14.0. The lowest BCUT2D eigenvalue weighted by Gasteiger charge is -2.21. The number of hydrogen-bond acceptors (Lipinski definition) is 6. The predicted octanol–water partition coefficient (Wildman–Crippen LogP) is 5.05. The van der Waals surface area contributed by atoms with E-state index in [0.29, 0.717) is 41.5 Å².